The number of aliphatic hydroxyl groups is 1. The van der Waals surface area contributed by atoms with Crippen LogP contribution in [0.3, 0.4) is 0 Å². The van der Waals surface area contributed by atoms with Crippen molar-refractivity contribution in [2.24, 2.45) is 11.8 Å². The Morgan fingerprint density at radius 1 is 1.26 bits per heavy atom. The number of hydrogen-bond acceptors (Lipinski definition) is 4. The zero-order valence-electron chi connectivity index (χ0n) is 14.1. The highest BCUT2D eigenvalue weighted by molar-refractivity contribution is 5.94. The van der Waals surface area contributed by atoms with E-state index in [1.165, 1.54) is 12.8 Å². The van der Waals surface area contributed by atoms with Crippen molar-refractivity contribution in [3.63, 3.8) is 0 Å². The quantitative estimate of drug-likeness (QED) is 0.928. The van der Waals surface area contributed by atoms with Gasteiger partial charge < -0.3 is 14.9 Å². The number of nitrogens with zero attached hydrogens (tertiary/aromatic N) is 3. The van der Waals surface area contributed by atoms with Gasteiger partial charge in [0.25, 0.3) is 5.91 Å². The molecule has 0 aliphatic carbocycles. The molecule has 0 spiro atoms. The Labute approximate surface area is 138 Å². The molecule has 2 fully saturated rings. The molecule has 3 heterocycles. The van der Waals surface area contributed by atoms with Crippen LogP contribution in [0, 0.1) is 11.8 Å². The lowest BCUT2D eigenvalue weighted by Gasteiger charge is -2.31. The van der Waals surface area contributed by atoms with Crippen LogP contribution in [0.5, 0.6) is 0 Å². The Kier molecular flexibility index (Phi) is 4.85. The fourth-order valence-corrected chi connectivity index (χ4v) is 3.49. The van der Waals surface area contributed by atoms with Crippen LogP contribution in [-0.4, -0.2) is 53.2 Å². The van der Waals surface area contributed by atoms with Gasteiger partial charge in [-0.15, -0.1) is 0 Å². The van der Waals surface area contributed by atoms with Crippen LogP contribution in [0.2, 0.25) is 0 Å². The van der Waals surface area contributed by atoms with E-state index >= 15 is 0 Å². The Hall–Kier alpha value is -1.62. The summed E-state index contributed by atoms with van der Waals surface area (Å²) in [7, 11) is 0. The first-order valence-electron chi connectivity index (χ1n) is 8.73. The molecular formula is C18H27N3O2. The second kappa shape index (κ2) is 6.87. The number of anilines is 1. The average Bonchev–Trinajstić information content (AvgIpc) is 3.05. The minimum Gasteiger partial charge on any atom is -0.393 e. The summed E-state index contributed by atoms with van der Waals surface area (Å²) >= 11 is 0. The average molecular weight is 317 g/mol. The Balaban J connectivity index is 1.62. The monoisotopic (exact) mass is 317 g/mol. The van der Waals surface area contributed by atoms with Gasteiger partial charge in [-0.05, 0) is 44.2 Å². The molecular weight excluding hydrogens is 290 g/mol. The molecule has 2 saturated heterocycles. The first kappa shape index (κ1) is 16.2. The van der Waals surface area contributed by atoms with Crippen molar-refractivity contribution in [1.82, 2.24) is 9.88 Å². The molecule has 1 N–H and O–H groups in total. The summed E-state index contributed by atoms with van der Waals surface area (Å²) in [6, 6.07) is 3.85. The van der Waals surface area contributed by atoms with E-state index in [1.807, 2.05) is 17.0 Å². The summed E-state index contributed by atoms with van der Waals surface area (Å²) in [6.07, 6.45) is 4.63. The number of piperidine rings is 1. The smallest absolute Gasteiger partial charge is 0.255 e. The maximum atomic E-state index is 12.5. The molecule has 0 aromatic carbocycles. The van der Waals surface area contributed by atoms with Crippen molar-refractivity contribution < 1.29 is 9.90 Å². The predicted octanol–water partition coefficient (Wildman–Crippen LogP) is 2.16. The molecule has 0 radical (unpaired) electrons. The molecule has 2 aliphatic rings. The van der Waals surface area contributed by atoms with E-state index in [4.69, 9.17) is 0 Å². The number of rotatable bonds is 3. The maximum absolute atomic E-state index is 12.5. The van der Waals surface area contributed by atoms with Crippen LogP contribution in [0.15, 0.2) is 18.3 Å². The highest BCUT2D eigenvalue weighted by Gasteiger charge is 2.29. The molecule has 1 aromatic heterocycles. The summed E-state index contributed by atoms with van der Waals surface area (Å²) < 4.78 is 0. The third-order valence-electron chi connectivity index (χ3n) is 5.30. The lowest BCUT2D eigenvalue weighted by Crippen LogP contribution is -2.33. The van der Waals surface area contributed by atoms with E-state index in [9.17, 15) is 9.90 Å². The van der Waals surface area contributed by atoms with Crippen molar-refractivity contribution in [2.45, 2.75) is 39.2 Å². The predicted molar refractivity (Wildman–Crippen MR) is 90.5 cm³/mol. The number of aliphatic hydroxyl groups excluding tert-OH is 1. The van der Waals surface area contributed by atoms with Gasteiger partial charge in [0.1, 0.15) is 5.82 Å². The van der Waals surface area contributed by atoms with Crippen LogP contribution in [0.25, 0.3) is 0 Å². The molecule has 1 amide bonds. The van der Waals surface area contributed by atoms with E-state index in [2.05, 4.69) is 16.8 Å². The molecule has 23 heavy (non-hydrogen) atoms. The Morgan fingerprint density at radius 3 is 2.57 bits per heavy atom. The highest BCUT2D eigenvalue weighted by atomic mass is 16.3. The van der Waals surface area contributed by atoms with Crippen molar-refractivity contribution in [1.29, 1.82) is 0 Å². The molecule has 2 atom stereocenters. The number of carbonyl (C=O) groups is 1. The minimum atomic E-state index is -0.352. The summed E-state index contributed by atoms with van der Waals surface area (Å²) in [5.74, 6) is 1.99. The second-order valence-electron chi connectivity index (χ2n) is 7.12. The minimum absolute atomic E-state index is 0.0273. The molecule has 1 aromatic rings. The topological polar surface area (TPSA) is 56.7 Å². The summed E-state index contributed by atoms with van der Waals surface area (Å²) in [6.45, 7) is 7.55. The van der Waals surface area contributed by atoms with E-state index < -0.39 is 0 Å². The zero-order valence-corrected chi connectivity index (χ0v) is 14.1. The third kappa shape index (κ3) is 3.66. The van der Waals surface area contributed by atoms with Crippen molar-refractivity contribution >= 4 is 11.7 Å². The second-order valence-corrected chi connectivity index (χ2v) is 7.12. The highest BCUT2D eigenvalue weighted by Crippen LogP contribution is 2.23. The SMILES string of the molecule is CC1CCN(c2ccc(C(=O)N3CCC(C(C)O)C3)cn2)CC1. The summed E-state index contributed by atoms with van der Waals surface area (Å²) in [4.78, 5) is 21.2. The lowest BCUT2D eigenvalue weighted by molar-refractivity contribution is 0.0762. The fourth-order valence-electron chi connectivity index (χ4n) is 3.49. The summed E-state index contributed by atoms with van der Waals surface area (Å²) in [5.41, 5.74) is 0.644. The molecule has 2 aliphatic heterocycles. The molecule has 126 valence electrons. The van der Waals surface area contributed by atoms with Gasteiger partial charge in [-0.2, -0.15) is 0 Å². The molecule has 3 rings (SSSR count). The standard InChI is InChI=1S/C18H27N3O2/c1-13-5-8-20(9-6-13)17-4-3-15(11-19-17)18(23)21-10-7-16(12-21)14(2)22/h3-4,11,13-14,16,22H,5-10,12H2,1-2H3. The fraction of sp³-hybridized carbons (Fsp3) is 0.667. The van der Waals surface area contributed by atoms with E-state index in [1.54, 1.807) is 13.1 Å². The molecule has 5 heteroatoms. The van der Waals surface area contributed by atoms with E-state index in [0.29, 0.717) is 12.1 Å². The molecule has 0 bridgehead atoms. The van der Waals surface area contributed by atoms with Gasteiger partial charge in [0.15, 0.2) is 0 Å². The third-order valence-corrected chi connectivity index (χ3v) is 5.30. The van der Waals surface area contributed by atoms with Crippen molar-refractivity contribution in [2.75, 3.05) is 31.1 Å². The number of amides is 1. The Bertz CT molecular complexity index is 536. The van der Waals surface area contributed by atoms with Crippen LogP contribution >= 0.6 is 0 Å². The van der Waals surface area contributed by atoms with Crippen LogP contribution in [-0.2, 0) is 0 Å². The number of hydrogen-bond donors (Lipinski definition) is 1. The lowest BCUT2D eigenvalue weighted by atomic mass is 9.99. The maximum Gasteiger partial charge on any atom is 0.255 e. The summed E-state index contributed by atoms with van der Waals surface area (Å²) in [5, 5.41) is 9.67. The van der Waals surface area contributed by atoms with Crippen molar-refractivity contribution in [3.8, 4) is 0 Å². The van der Waals surface area contributed by atoms with Gasteiger partial charge in [-0.3, -0.25) is 4.79 Å². The van der Waals surface area contributed by atoms with E-state index in [-0.39, 0.29) is 17.9 Å². The number of carbonyl (C=O) groups excluding carboxylic acids is 1. The van der Waals surface area contributed by atoms with Gasteiger partial charge in [-0.1, -0.05) is 6.92 Å². The van der Waals surface area contributed by atoms with Gasteiger partial charge >= 0.3 is 0 Å². The Morgan fingerprint density at radius 2 is 2.00 bits per heavy atom. The van der Waals surface area contributed by atoms with Crippen molar-refractivity contribution in [3.05, 3.63) is 23.9 Å². The van der Waals surface area contributed by atoms with Gasteiger partial charge in [-0.25, -0.2) is 4.98 Å². The number of likely N-dealkylation sites (tertiary alicyclic amines) is 1. The largest absolute Gasteiger partial charge is 0.393 e. The van der Waals surface area contributed by atoms with E-state index in [0.717, 1.165) is 37.8 Å². The van der Waals surface area contributed by atoms with Gasteiger partial charge in [0, 0.05) is 38.3 Å². The number of aromatic nitrogens is 1. The first-order valence-corrected chi connectivity index (χ1v) is 8.73. The molecule has 5 nitrogen and oxygen atoms in total. The first-order chi connectivity index (χ1) is 11.0. The zero-order chi connectivity index (χ0) is 16.4. The van der Waals surface area contributed by atoms with Gasteiger partial charge in [0.2, 0.25) is 0 Å². The van der Waals surface area contributed by atoms with Gasteiger partial charge in [0.05, 0.1) is 11.7 Å². The molecule has 2 unspecified atom stereocenters. The van der Waals surface area contributed by atoms with Crippen LogP contribution in [0.4, 0.5) is 5.82 Å². The number of pyridine rings is 1. The van der Waals surface area contributed by atoms with Crippen LogP contribution < -0.4 is 4.90 Å². The molecule has 0 saturated carbocycles. The normalized spacial score (nSPS) is 24.0. The van der Waals surface area contributed by atoms with Crippen LogP contribution in [0.1, 0.15) is 43.5 Å².